The minimum absolute atomic E-state index is 0.0523. The molecule has 2 aliphatic rings. The van der Waals surface area contributed by atoms with Gasteiger partial charge in [-0.25, -0.2) is 8.42 Å². The largest absolute Gasteiger partial charge is 0.351 e. The fourth-order valence-corrected chi connectivity index (χ4v) is 5.67. The molecule has 1 amide bonds. The first kappa shape index (κ1) is 19.7. The third kappa shape index (κ3) is 4.49. The first-order chi connectivity index (χ1) is 11.1. The molecule has 24 heavy (non-hydrogen) atoms. The van der Waals surface area contributed by atoms with Gasteiger partial charge in [-0.05, 0) is 51.1 Å². The number of sulfone groups is 1. The van der Waals surface area contributed by atoms with Crippen LogP contribution in [0.25, 0.3) is 0 Å². The van der Waals surface area contributed by atoms with Gasteiger partial charge in [0.15, 0.2) is 14.6 Å². The zero-order chi connectivity index (χ0) is 18.0. The molecule has 2 heterocycles. The van der Waals surface area contributed by atoms with E-state index >= 15 is 0 Å². The second-order valence-electron chi connectivity index (χ2n) is 8.06. The van der Waals surface area contributed by atoms with E-state index in [2.05, 4.69) is 29.4 Å². The van der Waals surface area contributed by atoms with Gasteiger partial charge in [0.05, 0.1) is 0 Å². The van der Waals surface area contributed by atoms with Crippen molar-refractivity contribution in [2.75, 3.05) is 39.0 Å². The molecule has 0 spiro atoms. The number of likely N-dealkylation sites (tertiary alicyclic amines) is 1. The predicted octanol–water partition coefficient (Wildman–Crippen LogP) is 0.636. The van der Waals surface area contributed by atoms with Gasteiger partial charge in [-0.2, -0.15) is 0 Å². The van der Waals surface area contributed by atoms with Crippen molar-refractivity contribution in [1.29, 1.82) is 0 Å². The minimum atomic E-state index is -3.45. The van der Waals surface area contributed by atoms with Crippen molar-refractivity contribution in [3.05, 3.63) is 0 Å². The fourth-order valence-electron chi connectivity index (χ4n) is 4.33. The van der Waals surface area contributed by atoms with E-state index in [4.69, 9.17) is 0 Å². The summed E-state index contributed by atoms with van der Waals surface area (Å²) in [6, 6.07) is -0.0523. The van der Waals surface area contributed by atoms with Crippen LogP contribution in [0, 0.1) is 11.8 Å². The van der Waals surface area contributed by atoms with Crippen molar-refractivity contribution in [2.45, 2.75) is 50.8 Å². The molecule has 0 radical (unpaired) electrons. The van der Waals surface area contributed by atoms with E-state index < -0.39 is 14.6 Å². The molecule has 0 aliphatic carbocycles. The van der Waals surface area contributed by atoms with E-state index in [0.717, 1.165) is 19.6 Å². The summed E-state index contributed by atoms with van der Waals surface area (Å²) >= 11 is 0. The Morgan fingerprint density at radius 3 is 2.29 bits per heavy atom. The fraction of sp³-hybridized carbons (Fsp3) is 0.941. The van der Waals surface area contributed by atoms with Crippen molar-refractivity contribution >= 4 is 15.7 Å². The van der Waals surface area contributed by atoms with E-state index in [9.17, 15) is 13.2 Å². The van der Waals surface area contributed by atoms with Crippen molar-refractivity contribution in [3.8, 4) is 0 Å². The SMILES string of the molecule is CC1CC(C)CN(CC(C)NC(=O)C2(S(C)(=O)=O)CCNCC2)C1. The second kappa shape index (κ2) is 7.70. The third-order valence-electron chi connectivity index (χ3n) is 5.39. The van der Waals surface area contributed by atoms with Gasteiger partial charge < -0.3 is 15.5 Å². The number of amides is 1. The van der Waals surface area contributed by atoms with Crippen molar-refractivity contribution in [3.63, 3.8) is 0 Å². The molecule has 3 unspecified atom stereocenters. The van der Waals surface area contributed by atoms with Gasteiger partial charge in [0.2, 0.25) is 5.91 Å². The number of hydrogen-bond acceptors (Lipinski definition) is 5. The topological polar surface area (TPSA) is 78.5 Å². The Bertz CT molecular complexity index is 533. The summed E-state index contributed by atoms with van der Waals surface area (Å²) in [5.74, 6) is 1.02. The lowest BCUT2D eigenvalue weighted by Gasteiger charge is -2.38. The van der Waals surface area contributed by atoms with Crippen LogP contribution < -0.4 is 10.6 Å². The monoisotopic (exact) mass is 359 g/mol. The summed E-state index contributed by atoms with van der Waals surface area (Å²) in [5.41, 5.74) is 0. The molecular weight excluding hydrogens is 326 g/mol. The lowest BCUT2D eigenvalue weighted by molar-refractivity contribution is -0.125. The Morgan fingerprint density at radius 1 is 1.25 bits per heavy atom. The van der Waals surface area contributed by atoms with Crippen molar-refractivity contribution in [2.24, 2.45) is 11.8 Å². The number of nitrogens with zero attached hydrogens (tertiary/aromatic N) is 1. The Morgan fingerprint density at radius 2 is 1.79 bits per heavy atom. The maximum Gasteiger partial charge on any atom is 0.241 e. The van der Waals surface area contributed by atoms with E-state index in [0.29, 0.717) is 37.8 Å². The maximum absolute atomic E-state index is 12.8. The third-order valence-corrected chi connectivity index (χ3v) is 7.40. The number of nitrogens with one attached hydrogen (secondary N) is 2. The van der Waals surface area contributed by atoms with E-state index in [-0.39, 0.29) is 11.9 Å². The smallest absolute Gasteiger partial charge is 0.241 e. The average molecular weight is 360 g/mol. The van der Waals surface area contributed by atoms with Crippen LogP contribution in [-0.4, -0.2) is 69.0 Å². The van der Waals surface area contributed by atoms with Gasteiger partial charge in [0, 0.05) is 31.9 Å². The summed E-state index contributed by atoms with van der Waals surface area (Å²) in [4.78, 5) is 15.2. The summed E-state index contributed by atoms with van der Waals surface area (Å²) in [6.07, 6.45) is 3.14. The Balaban J connectivity index is 1.99. The maximum atomic E-state index is 12.8. The highest BCUT2D eigenvalue weighted by molar-refractivity contribution is 7.92. The molecular formula is C17H33N3O3S. The van der Waals surface area contributed by atoms with E-state index in [1.807, 2.05) is 6.92 Å². The van der Waals surface area contributed by atoms with Gasteiger partial charge in [-0.3, -0.25) is 4.79 Å². The molecule has 0 aromatic heterocycles. The minimum Gasteiger partial charge on any atom is -0.351 e. The number of carbonyl (C=O) groups excluding carboxylic acids is 1. The first-order valence-corrected chi connectivity index (χ1v) is 11.0. The average Bonchev–Trinajstić information content (AvgIpc) is 2.45. The Kier molecular flexibility index (Phi) is 6.31. The van der Waals surface area contributed by atoms with Crippen LogP contribution in [-0.2, 0) is 14.6 Å². The highest BCUT2D eigenvalue weighted by Crippen LogP contribution is 2.28. The van der Waals surface area contributed by atoms with Crippen LogP contribution in [0.1, 0.15) is 40.0 Å². The number of rotatable bonds is 5. The predicted molar refractivity (Wildman–Crippen MR) is 96.7 cm³/mol. The molecule has 0 aromatic carbocycles. The van der Waals surface area contributed by atoms with E-state index in [1.165, 1.54) is 12.7 Å². The Labute approximate surface area is 146 Å². The number of piperidine rings is 2. The molecule has 7 heteroatoms. The first-order valence-electron chi connectivity index (χ1n) is 9.07. The van der Waals surface area contributed by atoms with Gasteiger partial charge in [-0.15, -0.1) is 0 Å². The molecule has 2 rings (SSSR count). The van der Waals surface area contributed by atoms with Crippen LogP contribution in [0.15, 0.2) is 0 Å². The Hall–Kier alpha value is -0.660. The summed E-state index contributed by atoms with van der Waals surface area (Å²) in [7, 11) is -3.45. The highest BCUT2D eigenvalue weighted by Gasteiger charge is 2.48. The zero-order valence-corrected chi connectivity index (χ0v) is 16.3. The molecule has 2 saturated heterocycles. The summed E-state index contributed by atoms with van der Waals surface area (Å²) in [5, 5.41) is 6.13. The molecule has 140 valence electrons. The number of carbonyl (C=O) groups is 1. The number of hydrogen-bond donors (Lipinski definition) is 2. The standard InChI is InChI=1S/C17H33N3O3S/c1-13-9-14(2)11-20(10-13)12-15(3)19-16(21)17(24(4,22)23)5-7-18-8-6-17/h13-15,18H,5-12H2,1-4H3,(H,19,21). The molecule has 0 aromatic rings. The molecule has 0 saturated carbocycles. The van der Waals surface area contributed by atoms with Crippen LogP contribution in [0.4, 0.5) is 0 Å². The van der Waals surface area contributed by atoms with E-state index in [1.54, 1.807) is 0 Å². The van der Waals surface area contributed by atoms with Crippen molar-refractivity contribution < 1.29 is 13.2 Å². The van der Waals surface area contributed by atoms with Gasteiger partial charge >= 0.3 is 0 Å². The van der Waals surface area contributed by atoms with Crippen LogP contribution in [0.2, 0.25) is 0 Å². The molecule has 2 N–H and O–H groups in total. The summed E-state index contributed by atoms with van der Waals surface area (Å²) < 4.78 is 23.3. The normalized spacial score (nSPS) is 29.8. The molecule has 3 atom stereocenters. The van der Waals surface area contributed by atoms with Crippen LogP contribution in [0.5, 0.6) is 0 Å². The lowest BCUT2D eigenvalue weighted by atomic mass is 9.91. The molecule has 2 aliphatic heterocycles. The molecule has 2 fully saturated rings. The molecule has 6 nitrogen and oxygen atoms in total. The highest BCUT2D eigenvalue weighted by atomic mass is 32.2. The van der Waals surface area contributed by atoms with Gasteiger partial charge in [0.25, 0.3) is 0 Å². The zero-order valence-electron chi connectivity index (χ0n) is 15.5. The molecule has 0 bridgehead atoms. The van der Waals surface area contributed by atoms with Gasteiger partial charge in [-0.1, -0.05) is 13.8 Å². The quantitative estimate of drug-likeness (QED) is 0.753. The van der Waals surface area contributed by atoms with Crippen LogP contribution in [0.3, 0.4) is 0 Å². The van der Waals surface area contributed by atoms with Crippen LogP contribution >= 0.6 is 0 Å². The lowest BCUT2D eigenvalue weighted by Crippen LogP contribution is -2.59. The summed E-state index contributed by atoms with van der Waals surface area (Å²) in [6.45, 7) is 10.5. The second-order valence-corrected chi connectivity index (χ2v) is 10.4. The van der Waals surface area contributed by atoms with Gasteiger partial charge in [0.1, 0.15) is 0 Å². The van der Waals surface area contributed by atoms with Crippen molar-refractivity contribution in [1.82, 2.24) is 15.5 Å².